The highest BCUT2D eigenvalue weighted by atomic mass is 32.1. The van der Waals surface area contributed by atoms with Crippen LogP contribution in [-0.2, 0) is 4.79 Å². The minimum Gasteiger partial charge on any atom is -0.393 e. The van der Waals surface area contributed by atoms with Crippen LogP contribution in [0.5, 0.6) is 0 Å². The van der Waals surface area contributed by atoms with Crippen LogP contribution >= 0.6 is 12.6 Å². The molecule has 0 aromatic heterocycles. The Bertz CT molecular complexity index is 599. The average molecular weight is 377 g/mol. The SMILES string of the molecule is CC12CCC(=O)CC1=CCC1C2C(CCCCS)CC2(C)C(O)CCC12. The van der Waals surface area contributed by atoms with E-state index in [0.717, 1.165) is 31.4 Å². The topological polar surface area (TPSA) is 37.3 Å². The molecule has 2 nitrogen and oxygen atoms in total. The molecule has 4 aliphatic rings. The normalized spacial score (nSPS) is 47.8. The van der Waals surface area contributed by atoms with Gasteiger partial charge in [-0.1, -0.05) is 38.3 Å². The van der Waals surface area contributed by atoms with Gasteiger partial charge in [-0.15, -0.1) is 0 Å². The summed E-state index contributed by atoms with van der Waals surface area (Å²) in [7, 11) is 0. The molecule has 0 aromatic rings. The number of hydrogen-bond acceptors (Lipinski definition) is 3. The maximum Gasteiger partial charge on any atom is 0.136 e. The molecule has 0 radical (unpaired) electrons. The first-order valence-electron chi connectivity index (χ1n) is 10.9. The highest BCUT2D eigenvalue weighted by Crippen LogP contribution is 2.66. The number of thiol groups is 1. The lowest BCUT2D eigenvalue weighted by molar-refractivity contribution is -0.126. The number of carbonyl (C=O) groups is 1. The molecule has 26 heavy (non-hydrogen) atoms. The van der Waals surface area contributed by atoms with E-state index in [1.54, 1.807) is 0 Å². The summed E-state index contributed by atoms with van der Waals surface area (Å²) in [6.07, 6.45) is 13.1. The molecule has 3 saturated carbocycles. The minimum atomic E-state index is -0.119. The molecule has 3 heteroatoms. The average Bonchev–Trinajstić information content (AvgIpc) is 2.90. The molecule has 7 atom stereocenters. The Morgan fingerprint density at radius 1 is 1.27 bits per heavy atom. The number of hydrogen-bond donors (Lipinski definition) is 2. The van der Waals surface area contributed by atoms with E-state index in [-0.39, 0.29) is 16.9 Å². The Labute approximate surface area is 164 Å². The van der Waals surface area contributed by atoms with Crippen molar-refractivity contribution in [1.82, 2.24) is 0 Å². The zero-order valence-electron chi connectivity index (χ0n) is 16.5. The standard InChI is InChI=1S/C23H36O2S/c1-22-11-10-17(24)13-16(22)6-7-18-19-8-9-20(25)23(19,2)14-15(21(18)22)5-3-4-12-26/h6,15,18-21,25-26H,3-5,7-14H2,1-2H3. The number of allylic oxidation sites excluding steroid dienone is 2. The van der Waals surface area contributed by atoms with Crippen LogP contribution in [0.3, 0.4) is 0 Å². The van der Waals surface area contributed by atoms with Crippen molar-refractivity contribution in [3.05, 3.63) is 11.6 Å². The van der Waals surface area contributed by atoms with Crippen molar-refractivity contribution in [3.8, 4) is 0 Å². The lowest BCUT2D eigenvalue weighted by Gasteiger charge is -2.60. The largest absolute Gasteiger partial charge is 0.393 e. The van der Waals surface area contributed by atoms with Crippen LogP contribution in [0.1, 0.15) is 78.1 Å². The summed E-state index contributed by atoms with van der Waals surface area (Å²) < 4.78 is 0. The van der Waals surface area contributed by atoms with Gasteiger partial charge in [0.15, 0.2) is 0 Å². The zero-order valence-corrected chi connectivity index (χ0v) is 17.4. The van der Waals surface area contributed by atoms with Gasteiger partial charge < -0.3 is 5.11 Å². The van der Waals surface area contributed by atoms with Crippen molar-refractivity contribution < 1.29 is 9.90 Å². The van der Waals surface area contributed by atoms with Gasteiger partial charge >= 0.3 is 0 Å². The fraction of sp³-hybridized carbons (Fsp3) is 0.870. The minimum absolute atomic E-state index is 0.110. The van der Waals surface area contributed by atoms with E-state index in [1.807, 2.05) is 0 Å². The van der Waals surface area contributed by atoms with Crippen molar-refractivity contribution in [2.75, 3.05) is 5.75 Å². The third kappa shape index (κ3) is 2.83. The van der Waals surface area contributed by atoms with Crippen molar-refractivity contribution >= 4 is 18.4 Å². The molecule has 0 heterocycles. The van der Waals surface area contributed by atoms with Crippen molar-refractivity contribution in [1.29, 1.82) is 0 Å². The van der Waals surface area contributed by atoms with E-state index in [9.17, 15) is 9.90 Å². The quantitative estimate of drug-likeness (QED) is 0.402. The summed E-state index contributed by atoms with van der Waals surface area (Å²) in [4.78, 5) is 12.1. The van der Waals surface area contributed by atoms with Gasteiger partial charge in [0, 0.05) is 12.8 Å². The van der Waals surface area contributed by atoms with Crippen molar-refractivity contribution in [2.45, 2.75) is 84.2 Å². The van der Waals surface area contributed by atoms with Gasteiger partial charge in [-0.25, -0.2) is 0 Å². The lowest BCUT2D eigenvalue weighted by atomic mass is 9.44. The summed E-state index contributed by atoms with van der Waals surface area (Å²) in [6.45, 7) is 4.85. The molecule has 1 N–H and O–H groups in total. The number of aliphatic hydroxyl groups is 1. The molecule has 0 saturated heterocycles. The number of aliphatic hydroxyl groups excluding tert-OH is 1. The lowest BCUT2D eigenvalue weighted by Crippen LogP contribution is -2.54. The molecule has 0 spiro atoms. The summed E-state index contributed by atoms with van der Waals surface area (Å²) in [6, 6.07) is 0. The Balaban J connectivity index is 1.69. The van der Waals surface area contributed by atoms with E-state index in [2.05, 4.69) is 32.6 Å². The van der Waals surface area contributed by atoms with E-state index < -0.39 is 0 Å². The molecule has 3 fully saturated rings. The summed E-state index contributed by atoms with van der Waals surface area (Å²) >= 11 is 4.42. The molecule has 0 aliphatic heterocycles. The van der Waals surface area contributed by atoms with Crippen molar-refractivity contribution in [2.24, 2.45) is 34.5 Å². The van der Waals surface area contributed by atoms with Crippen LogP contribution in [0.15, 0.2) is 11.6 Å². The van der Waals surface area contributed by atoms with Crippen LogP contribution in [0.2, 0.25) is 0 Å². The van der Waals surface area contributed by atoms with Gasteiger partial charge in [-0.2, -0.15) is 12.6 Å². The highest BCUT2D eigenvalue weighted by Gasteiger charge is 2.61. The fourth-order valence-corrected chi connectivity index (χ4v) is 7.88. The molecule has 0 aromatic carbocycles. The van der Waals surface area contributed by atoms with Crippen molar-refractivity contribution in [3.63, 3.8) is 0 Å². The summed E-state index contributed by atoms with van der Waals surface area (Å²) in [5, 5.41) is 10.8. The maximum absolute atomic E-state index is 12.1. The number of ketones is 1. The molecular weight excluding hydrogens is 340 g/mol. The summed E-state index contributed by atoms with van der Waals surface area (Å²) in [5.41, 5.74) is 1.78. The number of Topliss-reactive ketones (excluding diaryl/α,β-unsaturated/α-hetero) is 1. The van der Waals surface area contributed by atoms with Crippen LogP contribution in [0, 0.1) is 34.5 Å². The first kappa shape index (κ1) is 19.1. The number of rotatable bonds is 4. The monoisotopic (exact) mass is 376 g/mol. The van der Waals surface area contributed by atoms with E-state index in [1.165, 1.54) is 37.7 Å². The summed E-state index contributed by atoms with van der Waals surface area (Å²) in [5.74, 6) is 4.18. The van der Waals surface area contributed by atoms with Crippen LogP contribution in [-0.4, -0.2) is 22.7 Å². The van der Waals surface area contributed by atoms with Crippen LogP contribution < -0.4 is 0 Å². The molecule has 4 aliphatic carbocycles. The van der Waals surface area contributed by atoms with Crippen LogP contribution in [0.25, 0.3) is 0 Å². The second-order valence-electron chi connectivity index (χ2n) is 10.2. The third-order valence-electron chi connectivity index (χ3n) is 8.95. The van der Waals surface area contributed by atoms with Gasteiger partial charge in [-0.3, -0.25) is 4.79 Å². The van der Waals surface area contributed by atoms with E-state index in [4.69, 9.17) is 0 Å². The number of unbranched alkanes of at least 4 members (excludes halogenated alkanes) is 1. The van der Waals surface area contributed by atoms with Gasteiger partial charge in [-0.05, 0) is 78.8 Å². The van der Waals surface area contributed by atoms with Gasteiger partial charge in [0.2, 0.25) is 0 Å². The number of fused-ring (bicyclic) bond motifs is 5. The first-order chi connectivity index (χ1) is 12.4. The van der Waals surface area contributed by atoms with Gasteiger partial charge in [0.05, 0.1) is 6.10 Å². The molecule has 0 bridgehead atoms. The van der Waals surface area contributed by atoms with E-state index in [0.29, 0.717) is 35.9 Å². The van der Waals surface area contributed by atoms with Gasteiger partial charge in [0.1, 0.15) is 5.78 Å². The first-order valence-corrected chi connectivity index (χ1v) is 11.5. The molecule has 4 rings (SSSR count). The third-order valence-corrected chi connectivity index (χ3v) is 9.26. The Morgan fingerprint density at radius 3 is 2.85 bits per heavy atom. The smallest absolute Gasteiger partial charge is 0.136 e. The maximum atomic E-state index is 12.1. The van der Waals surface area contributed by atoms with E-state index >= 15 is 0 Å². The predicted molar refractivity (Wildman–Crippen MR) is 109 cm³/mol. The highest BCUT2D eigenvalue weighted by molar-refractivity contribution is 7.80. The Hall–Kier alpha value is -0.280. The Kier molecular flexibility index (Phi) is 5.10. The van der Waals surface area contributed by atoms with Gasteiger partial charge in [0.25, 0.3) is 0 Å². The molecule has 7 unspecified atom stereocenters. The van der Waals surface area contributed by atoms with Crippen LogP contribution in [0.4, 0.5) is 0 Å². The second kappa shape index (κ2) is 6.95. The molecule has 0 amide bonds. The fourth-order valence-electron chi connectivity index (χ4n) is 7.66. The zero-order chi connectivity index (χ0) is 18.5. The molecular formula is C23H36O2S. The number of carbonyl (C=O) groups excluding carboxylic acids is 1. The second-order valence-corrected chi connectivity index (χ2v) is 10.6. The molecule has 146 valence electrons. The Morgan fingerprint density at radius 2 is 2.08 bits per heavy atom. The predicted octanol–water partition coefficient (Wildman–Crippen LogP) is 5.21.